The molecule has 0 aromatic heterocycles. The maximum Gasteiger partial charge on any atom is 0.140 e. The molecule has 2 N–H and O–H groups in total. The SMILES string of the molecule is COc1cc(CCC(=O)CC(=O)CCc2ccc(CO)c(OC)c2)ccc1CO. The molecular formula is C23H28O6. The monoisotopic (exact) mass is 400 g/mol. The van der Waals surface area contributed by atoms with Gasteiger partial charge in [0.25, 0.3) is 0 Å². The number of methoxy groups -OCH3 is 2. The first kappa shape index (κ1) is 22.6. The first-order valence-electron chi connectivity index (χ1n) is 9.57. The van der Waals surface area contributed by atoms with Gasteiger partial charge in [-0.15, -0.1) is 0 Å². The lowest BCUT2D eigenvalue weighted by molar-refractivity contribution is -0.126. The number of carbonyl (C=O) groups excluding carboxylic acids is 2. The molecule has 6 nitrogen and oxygen atoms in total. The number of aryl methyl sites for hydroxylation is 2. The topological polar surface area (TPSA) is 93.1 Å². The Kier molecular flexibility index (Phi) is 8.83. The van der Waals surface area contributed by atoms with Crippen molar-refractivity contribution in [2.75, 3.05) is 14.2 Å². The van der Waals surface area contributed by atoms with E-state index >= 15 is 0 Å². The highest BCUT2D eigenvalue weighted by molar-refractivity contribution is 5.99. The highest BCUT2D eigenvalue weighted by atomic mass is 16.5. The molecule has 2 rings (SSSR count). The number of benzene rings is 2. The molecule has 6 heteroatoms. The zero-order valence-electron chi connectivity index (χ0n) is 16.9. The Bertz CT molecular complexity index is 774. The number of hydrogen-bond acceptors (Lipinski definition) is 6. The van der Waals surface area contributed by atoms with Crippen LogP contribution in [0.1, 0.15) is 41.5 Å². The second-order valence-electron chi connectivity index (χ2n) is 6.86. The number of ketones is 2. The van der Waals surface area contributed by atoms with Crippen molar-refractivity contribution in [2.45, 2.75) is 45.3 Å². The van der Waals surface area contributed by atoms with E-state index in [1.165, 1.54) is 14.2 Å². The molecule has 0 aliphatic carbocycles. The molecule has 156 valence electrons. The van der Waals surface area contributed by atoms with Gasteiger partial charge in [-0.2, -0.15) is 0 Å². The number of hydrogen-bond donors (Lipinski definition) is 2. The Morgan fingerprint density at radius 1 is 0.759 bits per heavy atom. The summed E-state index contributed by atoms with van der Waals surface area (Å²) in [6.45, 7) is -0.211. The van der Waals surface area contributed by atoms with Crippen LogP contribution in [0.2, 0.25) is 0 Å². The zero-order chi connectivity index (χ0) is 21.2. The number of aliphatic hydroxyl groups excluding tert-OH is 2. The van der Waals surface area contributed by atoms with E-state index < -0.39 is 0 Å². The van der Waals surface area contributed by atoms with E-state index in [-0.39, 0.29) is 44.0 Å². The van der Waals surface area contributed by atoms with Gasteiger partial charge in [0.2, 0.25) is 0 Å². The van der Waals surface area contributed by atoms with Crippen LogP contribution in [0.4, 0.5) is 0 Å². The molecule has 0 fully saturated rings. The van der Waals surface area contributed by atoms with Crippen molar-refractivity contribution < 1.29 is 29.3 Å². The summed E-state index contributed by atoms with van der Waals surface area (Å²) in [7, 11) is 3.07. The Morgan fingerprint density at radius 2 is 1.17 bits per heavy atom. The Labute approximate surface area is 171 Å². The van der Waals surface area contributed by atoms with Gasteiger partial charge in [0, 0.05) is 24.0 Å². The van der Waals surface area contributed by atoms with Crippen molar-refractivity contribution in [1.82, 2.24) is 0 Å². The third-order valence-electron chi connectivity index (χ3n) is 4.82. The lowest BCUT2D eigenvalue weighted by atomic mass is 10.00. The molecule has 0 bridgehead atoms. The molecule has 0 unspecified atom stereocenters. The summed E-state index contributed by atoms with van der Waals surface area (Å²) in [4.78, 5) is 24.3. The summed E-state index contributed by atoms with van der Waals surface area (Å²) >= 11 is 0. The summed E-state index contributed by atoms with van der Waals surface area (Å²) in [6.07, 6.45) is 1.54. The molecule has 0 radical (unpaired) electrons. The molecule has 0 amide bonds. The first-order valence-corrected chi connectivity index (χ1v) is 9.57. The van der Waals surface area contributed by atoms with Gasteiger partial charge in [0.15, 0.2) is 0 Å². The van der Waals surface area contributed by atoms with Crippen LogP contribution >= 0.6 is 0 Å². The third kappa shape index (κ3) is 6.69. The lowest BCUT2D eigenvalue weighted by Gasteiger charge is -2.09. The molecule has 2 aromatic rings. The van der Waals surface area contributed by atoms with Gasteiger partial charge >= 0.3 is 0 Å². The van der Waals surface area contributed by atoms with Crippen LogP contribution in [0.15, 0.2) is 36.4 Å². The van der Waals surface area contributed by atoms with Crippen LogP contribution in [0.5, 0.6) is 11.5 Å². The van der Waals surface area contributed by atoms with E-state index in [9.17, 15) is 19.8 Å². The fraction of sp³-hybridized carbons (Fsp3) is 0.391. The fourth-order valence-corrected chi connectivity index (χ4v) is 3.11. The predicted octanol–water partition coefficient (Wildman–Crippen LogP) is 2.78. The van der Waals surface area contributed by atoms with Crippen LogP contribution in [-0.2, 0) is 35.6 Å². The second kappa shape index (κ2) is 11.3. The fourth-order valence-electron chi connectivity index (χ4n) is 3.11. The van der Waals surface area contributed by atoms with E-state index in [4.69, 9.17) is 9.47 Å². The minimum Gasteiger partial charge on any atom is -0.496 e. The number of rotatable bonds is 12. The predicted molar refractivity (Wildman–Crippen MR) is 109 cm³/mol. The third-order valence-corrected chi connectivity index (χ3v) is 4.82. The second-order valence-corrected chi connectivity index (χ2v) is 6.86. The summed E-state index contributed by atoms with van der Waals surface area (Å²) in [5, 5.41) is 18.5. The van der Waals surface area contributed by atoms with Crippen molar-refractivity contribution in [1.29, 1.82) is 0 Å². The number of Topliss-reactive ketones (excluding diaryl/α,β-unsaturated/α-hetero) is 2. The maximum atomic E-state index is 12.2. The van der Waals surface area contributed by atoms with Crippen LogP contribution < -0.4 is 9.47 Å². The Hall–Kier alpha value is -2.70. The Morgan fingerprint density at radius 3 is 1.52 bits per heavy atom. The molecule has 2 aromatic carbocycles. The van der Waals surface area contributed by atoms with E-state index in [0.29, 0.717) is 35.5 Å². The minimum absolute atomic E-state index is 0.0717. The van der Waals surface area contributed by atoms with Crippen LogP contribution in [0.25, 0.3) is 0 Å². The lowest BCUT2D eigenvalue weighted by Crippen LogP contribution is -2.10. The average molecular weight is 400 g/mol. The standard InChI is InChI=1S/C23H28O6/c1-28-22-11-16(3-7-18(22)14-24)5-9-20(26)13-21(27)10-6-17-4-8-19(15-25)23(12-17)29-2/h3-4,7-8,11-12,24-25H,5-6,9-10,13-15H2,1-2H3. The summed E-state index contributed by atoms with van der Waals surface area (Å²) in [5.74, 6) is 1.01. The van der Waals surface area contributed by atoms with Crippen molar-refractivity contribution in [3.63, 3.8) is 0 Å². The van der Waals surface area contributed by atoms with Crippen molar-refractivity contribution in [2.24, 2.45) is 0 Å². The van der Waals surface area contributed by atoms with Crippen LogP contribution in [0, 0.1) is 0 Å². The molecule has 0 atom stereocenters. The number of aliphatic hydroxyl groups is 2. The summed E-state index contributed by atoms with van der Waals surface area (Å²) in [5.41, 5.74) is 3.25. The molecule has 0 spiro atoms. The highest BCUT2D eigenvalue weighted by Gasteiger charge is 2.12. The van der Waals surface area contributed by atoms with Gasteiger partial charge < -0.3 is 19.7 Å². The van der Waals surface area contributed by atoms with E-state index in [1.807, 2.05) is 24.3 Å². The maximum absolute atomic E-state index is 12.2. The van der Waals surface area contributed by atoms with Gasteiger partial charge in [-0.3, -0.25) is 9.59 Å². The molecule has 0 aliphatic heterocycles. The van der Waals surface area contributed by atoms with Gasteiger partial charge in [0.05, 0.1) is 33.9 Å². The van der Waals surface area contributed by atoms with Crippen molar-refractivity contribution in [3.05, 3.63) is 58.7 Å². The van der Waals surface area contributed by atoms with Gasteiger partial charge in [-0.25, -0.2) is 0 Å². The molecule has 0 aliphatic rings. The summed E-state index contributed by atoms with van der Waals surface area (Å²) < 4.78 is 10.5. The van der Waals surface area contributed by atoms with E-state index in [0.717, 1.165) is 11.1 Å². The molecule has 0 heterocycles. The smallest absolute Gasteiger partial charge is 0.140 e. The summed E-state index contributed by atoms with van der Waals surface area (Å²) in [6, 6.07) is 10.9. The first-order chi connectivity index (χ1) is 14.0. The molecule has 0 saturated heterocycles. The molecule has 0 saturated carbocycles. The zero-order valence-corrected chi connectivity index (χ0v) is 16.9. The van der Waals surface area contributed by atoms with Crippen LogP contribution in [0.3, 0.4) is 0 Å². The minimum atomic E-state index is -0.106. The van der Waals surface area contributed by atoms with E-state index in [2.05, 4.69) is 0 Å². The van der Waals surface area contributed by atoms with Crippen molar-refractivity contribution in [3.8, 4) is 11.5 Å². The van der Waals surface area contributed by atoms with E-state index in [1.54, 1.807) is 12.1 Å². The number of ether oxygens (including phenoxy) is 2. The normalized spacial score (nSPS) is 10.6. The Balaban J connectivity index is 1.81. The quantitative estimate of drug-likeness (QED) is 0.532. The molecule has 29 heavy (non-hydrogen) atoms. The van der Waals surface area contributed by atoms with Crippen molar-refractivity contribution >= 4 is 11.6 Å². The van der Waals surface area contributed by atoms with Gasteiger partial charge in [-0.05, 0) is 36.1 Å². The number of carbonyl (C=O) groups is 2. The van der Waals surface area contributed by atoms with Gasteiger partial charge in [-0.1, -0.05) is 24.3 Å². The average Bonchev–Trinajstić information content (AvgIpc) is 2.75. The van der Waals surface area contributed by atoms with Gasteiger partial charge in [0.1, 0.15) is 23.1 Å². The largest absolute Gasteiger partial charge is 0.496 e. The molecular weight excluding hydrogens is 372 g/mol. The highest BCUT2D eigenvalue weighted by Crippen LogP contribution is 2.22. The van der Waals surface area contributed by atoms with Crippen LogP contribution in [-0.4, -0.2) is 36.0 Å².